The Balaban J connectivity index is 2.46. The van der Waals surface area contributed by atoms with Crippen LogP contribution in [0.3, 0.4) is 0 Å². The second-order valence-corrected chi connectivity index (χ2v) is 4.86. The fraction of sp³-hybridized carbons (Fsp3) is 0.364. The van der Waals surface area contributed by atoms with Gasteiger partial charge in [-0.05, 0) is 24.1 Å². The smallest absolute Gasteiger partial charge is 0.308 e. The van der Waals surface area contributed by atoms with E-state index in [4.69, 9.17) is 28.3 Å². The lowest BCUT2D eigenvalue weighted by Crippen LogP contribution is -2.36. The number of carboxylic acids is 1. The molecule has 0 saturated heterocycles. The number of rotatable bonds is 1. The van der Waals surface area contributed by atoms with Gasteiger partial charge in [0.25, 0.3) is 0 Å². The first kappa shape index (κ1) is 11.6. The molecule has 0 aliphatic carbocycles. The molecular formula is C11H11Cl2NO2. The van der Waals surface area contributed by atoms with Gasteiger partial charge < -0.3 is 10.0 Å². The molecular weight excluding hydrogens is 249 g/mol. The van der Waals surface area contributed by atoms with Crippen molar-refractivity contribution in [3.63, 3.8) is 0 Å². The summed E-state index contributed by atoms with van der Waals surface area (Å²) in [5, 5.41) is 10.1. The van der Waals surface area contributed by atoms with Crippen molar-refractivity contribution < 1.29 is 9.90 Å². The number of carboxylic acid groups (broad SMARTS) is 1. The second-order valence-electron chi connectivity index (χ2n) is 4.02. The molecule has 0 saturated carbocycles. The van der Waals surface area contributed by atoms with Crippen molar-refractivity contribution in [2.24, 2.45) is 5.92 Å². The van der Waals surface area contributed by atoms with E-state index in [1.807, 2.05) is 11.9 Å². The Labute approximate surface area is 104 Å². The van der Waals surface area contributed by atoms with Gasteiger partial charge >= 0.3 is 5.97 Å². The van der Waals surface area contributed by atoms with Crippen molar-refractivity contribution in [2.45, 2.75) is 6.42 Å². The summed E-state index contributed by atoms with van der Waals surface area (Å²) >= 11 is 12.0. The van der Waals surface area contributed by atoms with Crippen LogP contribution in [0.5, 0.6) is 0 Å². The minimum Gasteiger partial charge on any atom is -0.481 e. The van der Waals surface area contributed by atoms with Crippen LogP contribution in [0.2, 0.25) is 10.0 Å². The van der Waals surface area contributed by atoms with Gasteiger partial charge in [-0.2, -0.15) is 0 Å². The zero-order valence-corrected chi connectivity index (χ0v) is 10.2. The predicted octanol–water partition coefficient (Wildman–Crippen LogP) is 2.69. The molecule has 86 valence electrons. The zero-order valence-electron chi connectivity index (χ0n) is 8.70. The maximum atomic E-state index is 11.0. The zero-order chi connectivity index (χ0) is 11.9. The summed E-state index contributed by atoms with van der Waals surface area (Å²) in [6.45, 7) is 0.476. The summed E-state index contributed by atoms with van der Waals surface area (Å²) in [5.74, 6) is -1.18. The molecule has 1 atom stereocenters. The average molecular weight is 260 g/mol. The van der Waals surface area contributed by atoms with Gasteiger partial charge in [-0.15, -0.1) is 0 Å². The minimum atomic E-state index is -0.784. The molecule has 1 aliphatic heterocycles. The Morgan fingerprint density at radius 1 is 1.50 bits per heavy atom. The maximum Gasteiger partial charge on any atom is 0.308 e. The van der Waals surface area contributed by atoms with Crippen molar-refractivity contribution in [3.05, 3.63) is 27.7 Å². The topological polar surface area (TPSA) is 40.5 Å². The van der Waals surface area contributed by atoms with Crippen LogP contribution < -0.4 is 4.90 Å². The quantitative estimate of drug-likeness (QED) is 0.843. The lowest BCUT2D eigenvalue weighted by molar-refractivity contribution is -0.141. The first-order valence-corrected chi connectivity index (χ1v) is 5.66. The van der Waals surface area contributed by atoms with E-state index >= 15 is 0 Å². The number of aliphatic carboxylic acids is 1. The fourth-order valence-corrected chi connectivity index (χ4v) is 2.80. The Hall–Kier alpha value is -0.930. The summed E-state index contributed by atoms with van der Waals surface area (Å²) in [6.07, 6.45) is 0.481. The Kier molecular flexibility index (Phi) is 3.00. The Morgan fingerprint density at radius 2 is 2.19 bits per heavy atom. The van der Waals surface area contributed by atoms with Gasteiger partial charge in [0, 0.05) is 18.6 Å². The van der Waals surface area contributed by atoms with Crippen LogP contribution in [0.25, 0.3) is 0 Å². The van der Waals surface area contributed by atoms with Crippen LogP contribution in [0.1, 0.15) is 5.56 Å². The van der Waals surface area contributed by atoms with Crippen molar-refractivity contribution in [1.29, 1.82) is 0 Å². The lowest BCUT2D eigenvalue weighted by Gasteiger charge is -2.32. The average Bonchev–Trinajstić information content (AvgIpc) is 2.15. The summed E-state index contributed by atoms with van der Waals surface area (Å²) in [4.78, 5) is 12.9. The lowest BCUT2D eigenvalue weighted by atomic mass is 9.93. The van der Waals surface area contributed by atoms with E-state index in [1.165, 1.54) is 0 Å². The molecule has 5 heteroatoms. The van der Waals surface area contributed by atoms with E-state index in [0.717, 1.165) is 11.3 Å². The van der Waals surface area contributed by atoms with Crippen LogP contribution in [0, 0.1) is 5.92 Å². The third kappa shape index (κ3) is 1.97. The third-order valence-electron chi connectivity index (χ3n) is 2.80. The standard InChI is InChI=1S/C11H11Cl2NO2/c1-14-5-7(11(15)16)2-6-3-8(12)4-9(13)10(6)14/h3-4,7H,2,5H2,1H3,(H,15,16). The molecule has 0 amide bonds. The van der Waals surface area contributed by atoms with Crippen molar-refractivity contribution in [2.75, 3.05) is 18.5 Å². The van der Waals surface area contributed by atoms with Crippen LogP contribution >= 0.6 is 23.2 Å². The number of fused-ring (bicyclic) bond motifs is 1. The van der Waals surface area contributed by atoms with E-state index in [9.17, 15) is 4.79 Å². The van der Waals surface area contributed by atoms with Crippen molar-refractivity contribution in [1.82, 2.24) is 0 Å². The summed E-state index contributed by atoms with van der Waals surface area (Å²) in [5.41, 5.74) is 1.79. The molecule has 0 fully saturated rings. The molecule has 1 N–H and O–H groups in total. The number of carbonyl (C=O) groups is 1. The number of nitrogens with zero attached hydrogens (tertiary/aromatic N) is 1. The van der Waals surface area contributed by atoms with E-state index in [0.29, 0.717) is 23.0 Å². The molecule has 2 rings (SSSR count). The van der Waals surface area contributed by atoms with Gasteiger partial charge in [0.1, 0.15) is 0 Å². The molecule has 16 heavy (non-hydrogen) atoms. The summed E-state index contributed by atoms with van der Waals surface area (Å²) in [6, 6.07) is 3.47. The molecule has 0 spiro atoms. The summed E-state index contributed by atoms with van der Waals surface area (Å²) < 4.78 is 0. The van der Waals surface area contributed by atoms with Crippen LogP contribution in [0.15, 0.2) is 12.1 Å². The molecule has 0 bridgehead atoms. The highest BCUT2D eigenvalue weighted by Gasteiger charge is 2.28. The number of anilines is 1. The van der Waals surface area contributed by atoms with Gasteiger partial charge in [-0.1, -0.05) is 23.2 Å². The normalized spacial score (nSPS) is 19.4. The predicted molar refractivity (Wildman–Crippen MR) is 64.6 cm³/mol. The van der Waals surface area contributed by atoms with Gasteiger partial charge in [0.15, 0.2) is 0 Å². The number of halogens is 2. The van der Waals surface area contributed by atoms with Crippen LogP contribution in [0.4, 0.5) is 5.69 Å². The Bertz CT molecular complexity index is 448. The van der Waals surface area contributed by atoms with Crippen LogP contribution in [-0.2, 0) is 11.2 Å². The fourth-order valence-electron chi connectivity index (χ4n) is 2.12. The van der Waals surface area contributed by atoms with Gasteiger partial charge in [0.05, 0.1) is 16.6 Å². The number of hydrogen-bond donors (Lipinski definition) is 1. The molecule has 1 aliphatic rings. The molecule has 3 nitrogen and oxygen atoms in total. The van der Waals surface area contributed by atoms with Crippen molar-refractivity contribution in [3.8, 4) is 0 Å². The molecule has 0 aromatic heterocycles. The first-order valence-electron chi connectivity index (χ1n) is 4.91. The summed E-state index contributed by atoms with van der Waals surface area (Å²) in [7, 11) is 1.84. The third-order valence-corrected chi connectivity index (χ3v) is 3.30. The molecule has 1 aromatic carbocycles. The van der Waals surface area contributed by atoms with Gasteiger partial charge in [-0.25, -0.2) is 0 Å². The van der Waals surface area contributed by atoms with Gasteiger partial charge in [-0.3, -0.25) is 4.79 Å². The SMILES string of the molecule is CN1CC(C(=O)O)Cc2cc(Cl)cc(Cl)c21. The number of hydrogen-bond acceptors (Lipinski definition) is 2. The maximum absolute atomic E-state index is 11.0. The minimum absolute atomic E-state index is 0.396. The second kappa shape index (κ2) is 4.15. The molecule has 1 unspecified atom stereocenters. The van der Waals surface area contributed by atoms with Gasteiger partial charge in [0.2, 0.25) is 0 Å². The van der Waals surface area contributed by atoms with E-state index < -0.39 is 11.9 Å². The first-order chi connectivity index (χ1) is 7.49. The number of benzene rings is 1. The molecule has 1 heterocycles. The highest BCUT2D eigenvalue weighted by atomic mass is 35.5. The molecule has 1 aromatic rings. The highest BCUT2D eigenvalue weighted by Crippen LogP contribution is 2.37. The highest BCUT2D eigenvalue weighted by molar-refractivity contribution is 6.36. The Morgan fingerprint density at radius 3 is 2.81 bits per heavy atom. The monoisotopic (exact) mass is 259 g/mol. The largest absolute Gasteiger partial charge is 0.481 e. The van der Waals surface area contributed by atoms with Crippen molar-refractivity contribution >= 4 is 34.9 Å². The molecule has 0 radical (unpaired) electrons. The van der Waals surface area contributed by atoms with E-state index in [1.54, 1.807) is 12.1 Å². The van der Waals surface area contributed by atoms with E-state index in [2.05, 4.69) is 0 Å². The van der Waals surface area contributed by atoms with E-state index in [-0.39, 0.29) is 0 Å². The van der Waals surface area contributed by atoms with Crippen LogP contribution in [-0.4, -0.2) is 24.7 Å².